The minimum Gasteiger partial charge on any atom is -0.444 e. The summed E-state index contributed by atoms with van der Waals surface area (Å²) in [4.78, 5) is 52.9. The smallest absolute Gasteiger partial charge is 0.407 e. The molecule has 2 aromatic rings. The minimum atomic E-state index is -0.574. The first kappa shape index (κ1) is 38.9. The molecule has 260 valence electrons. The number of anilines is 1. The Morgan fingerprint density at radius 1 is 0.830 bits per heavy atom. The lowest BCUT2D eigenvalue weighted by Crippen LogP contribution is -2.46. The van der Waals surface area contributed by atoms with Crippen molar-refractivity contribution < 1.29 is 28.9 Å². The molecule has 3 N–H and O–H groups in total. The number of carbonyl (C=O) groups excluding carboxylic acids is 2. The van der Waals surface area contributed by atoms with Gasteiger partial charge >= 0.3 is 23.6 Å². The van der Waals surface area contributed by atoms with E-state index in [-0.39, 0.29) is 34.7 Å². The van der Waals surface area contributed by atoms with Crippen molar-refractivity contribution in [2.24, 2.45) is 0 Å². The van der Waals surface area contributed by atoms with Crippen LogP contribution in [0.5, 0.6) is 0 Å². The molecule has 2 amide bonds. The molecule has 0 saturated carbocycles. The van der Waals surface area contributed by atoms with Crippen LogP contribution in [0, 0.1) is 20.2 Å². The van der Waals surface area contributed by atoms with Gasteiger partial charge in [-0.05, 0) is 92.4 Å². The summed E-state index contributed by atoms with van der Waals surface area (Å²) in [5.41, 5.74) is -1.09. The summed E-state index contributed by atoms with van der Waals surface area (Å²) in [6.07, 6.45) is 5.56. The Kier molecular flexibility index (Phi) is 15.0. The number of piperidine rings is 2. The van der Waals surface area contributed by atoms with E-state index in [9.17, 15) is 29.8 Å². The first-order valence-electron chi connectivity index (χ1n) is 15.2. The monoisotopic (exact) mass is 680 g/mol. The third-order valence-corrected chi connectivity index (χ3v) is 6.77. The fourth-order valence-electron chi connectivity index (χ4n) is 4.44. The largest absolute Gasteiger partial charge is 0.444 e. The van der Waals surface area contributed by atoms with Crippen molar-refractivity contribution in [1.82, 2.24) is 25.9 Å². The molecule has 0 bridgehead atoms. The first-order chi connectivity index (χ1) is 21.9. The topological polar surface area (TPSA) is 204 Å². The summed E-state index contributed by atoms with van der Waals surface area (Å²) in [6.45, 7) is 14.2. The Labute approximate surface area is 279 Å². The van der Waals surface area contributed by atoms with Gasteiger partial charge in [0.1, 0.15) is 11.2 Å². The molecule has 16 nitrogen and oxygen atoms in total. The Morgan fingerprint density at radius 2 is 1.28 bits per heavy atom. The van der Waals surface area contributed by atoms with E-state index >= 15 is 0 Å². The van der Waals surface area contributed by atoms with E-state index in [1.54, 1.807) is 12.3 Å². The highest BCUT2D eigenvalue weighted by atomic mass is 35.5. The van der Waals surface area contributed by atoms with Crippen LogP contribution in [0.25, 0.3) is 0 Å². The van der Waals surface area contributed by atoms with Gasteiger partial charge in [-0.3, -0.25) is 20.2 Å². The quantitative estimate of drug-likeness (QED) is 0.207. The number of aromatic nitrogens is 2. The van der Waals surface area contributed by atoms with Crippen molar-refractivity contribution in [2.75, 3.05) is 31.1 Å². The van der Waals surface area contributed by atoms with Crippen molar-refractivity contribution in [3.05, 3.63) is 62.0 Å². The molecule has 0 radical (unpaired) electrons. The van der Waals surface area contributed by atoms with Gasteiger partial charge in [-0.25, -0.2) is 19.6 Å². The van der Waals surface area contributed by atoms with E-state index in [4.69, 9.17) is 21.1 Å². The number of nitro groups is 2. The lowest BCUT2D eigenvalue weighted by Gasteiger charge is -2.33. The van der Waals surface area contributed by atoms with Crippen LogP contribution in [0.1, 0.15) is 67.2 Å². The highest BCUT2D eigenvalue weighted by Crippen LogP contribution is 2.27. The van der Waals surface area contributed by atoms with E-state index in [0.29, 0.717) is 31.7 Å². The average Bonchev–Trinajstić information content (AvgIpc) is 2.97. The predicted octanol–water partition coefficient (Wildman–Crippen LogP) is 5.39. The van der Waals surface area contributed by atoms with Gasteiger partial charge < -0.3 is 30.3 Å². The highest BCUT2D eigenvalue weighted by Gasteiger charge is 2.27. The first-order valence-corrected chi connectivity index (χ1v) is 15.6. The molecule has 4 rings (SSSR count). The van der Waals surface area contributed by atoms with Gasteiger partial charge in [0.2, 0.25) is 11.0 Å². The van der Waals surface area contributed by atoms with Gasteiger partial charge in [0.15, 0.2) is 0 Å². The van der Waals surface area contributed by atoms with Crippen molar-refractivity contribution in [3.8, 4) is 0 Å². The molecule has 17 heteroatoms. The fraction of sp³-hybridized carbons (Fsp3) is 0.600. The average molecular weight is 681 g/mol. The van der Waals surface area contributed by atoms with Crippen LogP contribution in [-0.2, 0) is 9.47 Å². The van der Waals surface area contributed by atoms with Gasteiger partial charge in [0.25, 0.3) is 0 Å². The molecular weight excluding hydrogens is 636 g/mol. The summed E-state index contributed by atoms with van der Waals surface area (Å²) in [5, 5.41) is 30.1. The molecular formula is C30H45ClN8O8. The Bertz CT molecular complexity index is 1340. The second-order valence-electron chi connectivity index (χ2n) is 12.8. The predicted molar refractivity (Wildman–Crippen MR) is 177 cm³/mol. The number of ether oxygens (including phenoxy) is 2. The second kappa shape index (κ2) is 18.1. The molecule has 2 aliphatic rings. The van der Waals surface area contributed by atoms with Crippen LogP contribution in [-0.4, -0.2) is 81.5 Å². The second-order valence-corrected chi connectivity index (χ2v) is 13.1. The minimum absolute atomic E-state index is 0.00358. The lowest BCUT2D eigenvalue weighted by atomic mass is 10.1. The summed E-state index contributed by atoms with van der Waals surface area (Å²) in [7, 11) is 0. The Balaban J connectivity index is 0.000000271. The third kappa shape index (κ3) is 15.2. The number of amides is 2. The van der Waals surface area contributed by atoms with Crippen molar-refractivity contribution in [3.63, 3.8) is 0 Å². The maximum atomic E-state index is 11.8. The molecule has 0 spiro atoms. The number of nitrogens with zero attached hydrogens (tertiary/aromatic N) is 5. The Morgan fingerprint density at radius 3 is 1.70 bits per heavy atom. The third-order valence-electron chi connectivity index (χ3n) is 6.47. The highest BCUT2D eigenvalue weighted by molar-refractivity contribution is 6.31. The van der Waals surface area contributed by atoms with Crippen molar-refractivity contribution in [2.45, 2.75) is 90.5 Å². The van der Waals surface area contributed by atoms with Crippen molar-refractivity contribution >= 4 is 41.0 Å². The summed E-state index contributed by atoms with van der Waals surface area (Å²) in [5.74, 6) is 0.383. The molecule has 0 aliphatic carbocycles. The van der Waals surface area contributed by atoms with Gasteiger partial charge in [-0.15, -0.1) is 0 Å². The van der Waals surface area contributed by atoms with E-state index in [2.05, 4.69) is 25.9 Å². The van der Waals surface area contributed by atoms with Gasteiger partial charge in [-0.1, -0.05) is 11.6 Å². The van der Waals surface area contributed by atoms with E-state index in [0.717, 1.165) is 25.9 Å². The number of halogens is 1. The number of carbonyl (C=O) groups is 2. The standard InChI is InChI=1S/C15H22N4O4.C10H20N2O2.C5H3ClN2O2/c1-15(2,3)23-14(20)17-11-6-9-18(10-7-11)13-12(19(21)22)5-4-8-16-13;1-10(2,3)14-9(13)12-8-4-6-11-7-5-8;6-5-4(8(9)10)2-1-3-7-5/h4-5,8,11H,6-7,9-10H2,1-3H3,(H,17,20);8,11H,4-7H2,1-3H3,(H,12,13);1-3H. The number of nitrogens with one attached hydrogen (secondary N) is 3. The summed E-state index contributed by atoms with van der Waals surface area (Å²) >= 11 is 5.37. The van der Waals surface area contributed by atoms with Crippen LogP contribution < -0.4 is 20.9 Å². The number of hydrogen-bond acceptors (Lipinski definition) is 12. The van der Waals surface area contributed by atoms with E-state index in [1.165, 1.54) is 24.4 Å². The van der Waals surface area contributed by atoms with E-state index < -0.39 is 27.1 Å². The normalized spacial score (nSPS) is 15.5. The molecule has 2 saturated heterocycles. The number of alkyl carbamates (subject to hydrolysis) is 2. The van der Waals surface area contributed by atoms with Gasteiger partial charge in [0.05, 0.1) is 9.85 Å². The van der Waals surface area contributed by atoms with Gasteiger partial charge in [-0.2, -0.15) is 0 Å². The molecule has 2 aromatic heterocycles. The molecule has 0 aromatic carbocycles. The van der Waals surface area contributed by atoms with Gasteiger partial charge in [0, 0.05) is 49.7 Å². The molecule has 2 aliphatic heterocycles. The SMILES string of the molecule is CC(C)(C)OC(=O)NC1CCN(c2ncccc2[N+](=O)[O-])CC1.CC(C)(C)OC(=O)NC1CCNCC1.O=[N+]([O-])c1cccnc1Cl. The molecule has 2 fully saturated rings. The van der Waals surface area contributed by atoms with Crippen LogP contribution in [0.3, 0.4) is 0 Å². The van der Waals surface area contributed by atoms with Crippen LogP contribution >= 0.6 is 11.6 Å². The molecule has 4 heterocycles. The molecule has 0 unspecified atom stereocenters. The summed E-state index contributed by atoms with van der Waals surface area (Å²) in [6, 6.07) is 6.04. The molecule has 0 atom stereocenters. The number of hydrogen-bond donors (Lipinski definition) is 3. The molecule has 47 heavy (non-hydrogen) atoms. The van der Waals surface area contributed by atoms with Crippen LogP contribution in [0.2, 0.25) is 5.15 Å². The Hall–Kier alpha value is -4.31. The van der Waals surface area contributed by atoms with E-state index in [1.807, 2.05) is 46.4 Å². The van der Waals surface area contributed by atoms with Crippen LogP contribution in [0.4, 0.5) is 26.8 Å². The fourth-order valence-corrected chi connectivity index (χ4v) is 4.63. The number of pyridine rings is 2. The lowest BCUT2D eigenvalue weighted by molar-refractivity contribution is -0.385. The zero-order chi connectivity index (χ0) is 35.2. The van der Waals surface area contributed by atoms with Crippen LogP contribution in [0.15, 0.2) is 36.7 Å². The maximum Gasteiger partial charge on any atom is 0.407 e. The zero-order valence-electron chi connectivity index (χ0n) is 27.7. The van der Waals surface area contributed by atoms with Crippen molar-refractivity contribution in [1.29, 1.82) is 0 Å². The summed E-state index contributed by atoms with van der Waals surface area (Å²) < 4.78 is 10.4. The maximum absolute atomic E-state index is 11.8. The zero-order valence-corrected chi connectivity index (χ0v) is 28.4. The number of rotatable bonds is 5.